The number of ether oxygens (including phenoxy) is 2. The number of aromatic nitrogens is 4. The average molecular weight is 431 g/mol. The third kappa shape index (κ3) is 3.69. The number of hydrogen-bond acceptors (Lipinski definition) is 6. The Labute approximate surface area is 175 Å². The van der Waals surface area contributed by atoms with Crippen LogP contribution >= 0.6 is 0 Å². The molecule has 10 heteroatoms. The summed E-state index contributed by atoms with van der Waals surface area (Å²) in [6, 6.07) is 8.29. The second-order valence-corrected chi connectivity index (χ2v) is 7.07. The summed E-state index contributed by atoms with van der Waals surface area (Å²) in [7, 11) is 3.06. The van der Waals surface area contributed by atoms with E-state index in [0.29, 0.717) is 45.1 Å². The maximum Gasteiger partial charge on any atom is 0.416 e. The first-order valence-electron chi connectivity index (χ1n) is 9.44. The van der Waals surface area contributed by atoms with Crippen molar-refractivity contribution in [3.05, 3.63) is 53.3 Å². The van der Waals surface area contributed by atoms with Gasteiger partial charge < -0.3 is 14.8 Å². The predicted octanol–water partition coefficient (Wildman–Crippen LogP) is 4.80. The van der Waals surface area contributed by atoms with E-state index in [4.69, 9.17) is 9.47 Å². The highest BCUT2D eigenvalue weighted by atomic mass is 19.4. The Morgan fingerprint density at radius 1 is 1.00 bits per heavy atom. The molecule has 2 aromatic carbocycles. The van der Waals surface area contributed by atoms with Crippen LogP contribution in [0.4, 0.5) is 19.0 Å². The number of anilines is 1. The van der Waals surface area contributed by atoms with Crippen molar-refractivity contribution < 1.29 is 22.6 Å². The highest BCUT2D eigenvalue weighted by Gasteiger charge is 2.30. The van der Waals surface area contributed by atoms with Gasteiger partial charge in [-0.15, -0.1) is 15.3 Å². The molecule has 1 atom stereocenters. The summed E-state index contributed by atoms with van der Waals surface area (Å²) >= 11 is 0. The molecule has 0 radical (unpaired) electrons. The van der Waals surface area contributed by atoms with Crippen LogP contribution in [0.5, 0.6) is 11.5 Å². The molecule has 7 nitrogen and oxygen atoms in total. The molecule has 162 valence electrons. The second-order valence-electron chi connectivity index (χ2n) is 7.07. The van der Waals surface area contributed by atoms with Gasteiger partial charge in [-0.3, -0.25) is 0 Å². The minimum Gasteiger partial charge on any atom is -0.493 e. The molecule has 0 aliphatic rings. The molecule has 0 amide bonds. The van der Waals surface area contributed by atoms with Crippen LogP contribution in [0.3, 0.4) is 0 Å². The van der Waals surface area contributed by atoms with Gasteiger partial charge in [-0.2, -0.15) is 17.7 Å². The number of fused-ring (bicyclic) bond motifs is 3. The molecule has 0 aliphatic carbocycles. The number of methoxy groups -OCH3 is 2. The van der Waals surface area contributed by atoms with Gasteiger partial charge in [0.25, 0.3) is 0 Å². The quantitative estimate of drug-likeness (QED) is 0.490. The van der Waals surface area contributed by atoms with E-state index in [1.807, 2.05) is 0 Å². The summed E-state index contributed by atoms with van der Waals surface area (Å²) in [6.07, 6.45) is -4.41. The lowest BCUT2D eigenvalue weighted by molar-refractivity contribution is -0.137. The molecule has 0 unspecified atom stereocenters. The number of nitrogens with zero attached hydrogens (tertiary/aromatic N) is 4. The van der Waals surface area contributed by atoms with Gasteiger partial charge in [0.15, 0.2) is 28.8 Å². The lowest BCUT2D eigenvalue weighted by Gasteiger charge is -2.19. The van der Waals surface area contributed by atoms with Gasteiger partial charge in [0.1, 0.15) is 0 Å². The van der Waals surface area contributed by atoms with E-state index in [2.05, 4.69) is 20.6 Å². The zero-order valence-corrected chi connectivity index (χ0v) is 17.3. The lowest BCUT2D eigenvalue weighted by Crippen LogP contribution is -2.12. The fourth-order valence-electron chi connectivity index (χ4n) is 3.44. The van der Waals surface area contributed by atoms with Crippen molar-refractivity contribution >= 4 is 22.2 Å². The SMILES string of the molecule is COc1cc2c(N[C@H](C)c3cccc(C(F)(F)F)c3)nn3c(C)nnc3c2cc1OC. The minimum atomic E-state index is -4.41. The van der Waals surface area contributed by atoms with Crippen LogP contribution in [0.1, 0.15) is 29.9 Å². The van der Waals surface area contributed by atoms with Gasteiger partial charge in [0, 0.05) is 10.8 Å². The fourth-order valence-corrected chi connectivity index (χ4v) is 3.44. The maximum atomic E-state index is 13.1. The van der Waals surface area contributed by atoms with E-state index in [0.717, 1.165) is 12.1 Å². The molecule has 1 N–H and O–H groups in total. The average Bonchev–Trinajstić information content (AvgIpc) is 3.13. The smallest absolute Gasteiger partial charge is 0.416 e. The third-order valence-corrected chi connectivity index (χ3v) is 5.08. The highest BCUT2D eigenvalue weighted by Crippen LogP contribution is 2.37. The zero-order chi connectivity index (χ0) is 22.3. The minimum absolute atomic E-state index is 0.455. The Morgan fingerprint density at radius 2 is 1.68 bits per heavy atom. The summed E-state index contributed by atoms with van der Waals surface area (Å²) in [5.41, 5.74) is 0.310. The molecule has 0 fully saturated rings. The molecule has 31 heavy (non-hydrogen) atoms. The summed E-state index contributed by atoms with van der Waals surface area (Å²) < 4.78 is 51.8. The van der Waals surface area contributed by atoms with Crippen molar-refractivity contribution in [2.24, 2.45) is 0 Å². The van der Waals surface area contributed by atoms with Crippen molar-refractivity contribution in [1.29, 1.82) is 0 Å². The van der Waals surface area contributed by atoms with Gasteiger partial charge in [-0.1, -0.05) is 12.1 Å². The van der Waals surface area contributed by atoms with Gasteiger partial charge in [-0.25, -0.2) is 0 Å². The first-order chi connectivity index (χ1) is 14.7. The first kappa shape index (κ1) is 20.7. The van der Waals surface area contributed by atoms with Gasteiger partial charge in [0.05, 0.1) is 25.8 Å². The molecule has 0 bridgehead atoms. The molecule has 4 rings (SSSR count). The Balaban J connectivity index is 1.85. The summed E-state index contributed by atoms with van der Waals surface area (Å²) in [6.45, 7) is 3.53. The predicted molar refractivity (Wildman–Crippen MR) is 110 cm³/mol. The van der Waals surface area contributed by atoms with Crippen molar-refractivity contribution in [2.45, 2.75) is 26.1 Å². The van der Waals surface area contributed by atoms with Crippen LogP contribution in [0.2, 0.25) is 0 Å². The van der Waals surface area contributed by atoms with Crippen LogP contribution in [0.25, 0.3) is 16.4 Å². The van der Waals surface area contributed by atoms with Crippen LogP contribution in [0.15, 0.2) is 36.4 Å². The fraction of sp³-hybridized carbons (Fsp3) is 0.286. The first-order valence-corrected chi connectivity index (χ1v) is 9.44. The molecular formula is C21H20F3N5O2. The maximum absolute atomic E-state index is 13.1. The number of alkyl halides is 3. The number of nitrogens with one attached hydrogen (secondary N) is 1. The number of rotatable bonds is 5. The molecule has 0 aliphatic heterocycles. The van der Waals surface area contributed by atoms with E-state index in [1.54, 1.807) is 36.6 Å². The second kappa shape index (κ2) is 7.60. The Bertz CT molecular complexity index is 1270. The standard InChI is InChI=1S/C21H20F3N5O2/c1-11(13-6-5-7-14(8-13)21(22,23)24)25-19-15-9-17(30-3)18(31-4)10-16(15)20-27-26-12(2)29(20)28-19/h5-11H,1-4H3,(H,25,28)/t11-/m1/s1. The monoisotopic (exact) mass is 431 g/mol. The van der Waals surface area contributed by atoms with Crippen LogP contribution in [-0.4, -0.2) is 34.0 Å². The topological polar surface area (TPSA) is 73.6 Å². The van der Waals surface area contributed by atoms with Crippen molar-refractivity contribution in [1.82, 2.24) is 19.8 Å². The summed E-state index contributed by atoms with van der Waals surface area (Å²) in [5.74, 6) is 2.03. The van der Waals surface area contributed by atoms with E-state index in [1.165, 1.54) is 20.3 Å². The molecule has 0 saturated heterocycles. The van der Waals surface area contributed by atoms with E-state index >= 15 is 0 Å². The molecular weight excluding hydrogens is 411 g/mol. The number of halogens is 3. The zero-order valence-electron chi connectivity index (χ0n) is 17.3. The number of aryl methyl sites for hydroxylation is 1. The molecule has 4 aromatic rings. The van der Waals surface area contributed by atoms with Crippen LogP contribution in [-0.2, 0) is 6.18 Å². The number of hydrogen-bond donors (Lipinski definition) is 1. The molecule has 0 saturated carbocycles. The van der Waals surface area contributed by atoms with Crippen LogP contribution < -0.4 is 14.8 Å². The summed E-state index contributed by atoms with van der Waals surface area (Å²) in [5, 5.41) is 17.5. The van der Waals surface area contributed by atoms with Crippen LogP contribution in [0, 0.1) is 6.92 Å². The molecule has 2 aromatic heterocycles. The van der Waals surface area contributed by atoms with Gasteiger partial charge in [-0.05, 0) is 43.7 Å². The Morgan fingerprint density at radius 3 is 2.32 bits per heavy atom. The van der Waals surface area contributed by atoms with Crippen molar-refractivity contribution in [3.8, 4) is 11.5 Å². The third-order valence-electron chi connectivity index (χ3n) is 5.08. The number of benzene rings is 2. The Hall–Kier alpha value is -3.56. The van der Waals surface area contributed by atoms with Gasteiger partial charge in [0.2, 0.25) is 0 Å². The van der Waals surface area contributed by atoms with E-state index < -0.39 is 17.8 Å². The largest absolute Gasteiger partial charge is 0.493 e. The van der Waals surface area contributed by atoms with E-state index in [9.17, 15) is 13.2 Å². The summed E-state index contributed by atoms with van der Waals surface area (Å²) in [4.78, 5) is 0. The molecule has 2 heterocycles. The van der Waals surface area contributed by atoms with E-state index in [-0.39, 0.29) is 0 Å². The highest BCUT2D eigenvalue weighted by molar-refractivity contribution is 6.02. The Kier molecular flexibility index (Phi) is 5.08. The van der Waals surface area contributed by atoms with Crippen molar-refractivity contribution in [2.75, 3.05) is 19.5 Å². The van der Waals surface area contributed by atoms with Gasteiger partial charge >= 0.3 is 6.18 Å². The normalized spacial score (nSPS) is 12.9. The molecule has 0 spiro atoms. The van der Waals surface area contributed by atoms with Crippen molar-refractivity contribution in [3.63, 3.8) is 0 Å². The lowest BCUT2D eigenvalue weighted by atomic mass is 10.0.